The average Bonchev–Trinajstić information content (AvgIpc) is 1.78. The van der Waals surface area contributed by atoms with Crippen molar-refractivity contribution >= 4 is 34.1 Å². The standard InChI is InChI=1S/C82H84F6O6S/c83-81(84,85)65-39-31-59(32-40-65)75(27-9-3-13-51-89-67-43-35-61(36-44-67)79-71(57-19-5-1-6-20-57)25-17-23-63-55-69(47-49-73(63)79)93-77-29-11-15-53-91-77)95-76(60-33-41-66(42-34-60)82(86,87)88)28-10-4-14-52-90-68-45-37-62(38-46-68)80-72(58-21-7-2-8-22-58)26-18-24-64-56-70(48-50-74(64)80)94-78-30-12-16-54-92-78/h1-2,5-8,19-22,31-50,55-56,75-78H,3-4,9-18,23-30,51-54H2. The number of alkyl halides is 6. The van der Waals surface area contributed by atoms with Crippen LogP contribution in [0, 0.1) is 0 Å². The third kappa shape index (κ3) is 18.1. The predicted molar refractivity (Wildman–Crippen MR) is 369 cm³/mol. The van der Waals surface area contributed by atoms with E-state index in [9.17, 15) is 26.3 Å². The minimum atomic E-state index is -4.50. The summed E-state index contributed by atoms with van der Waals surface area (Å²) in [6.45, 7) is 2.40. The summed E-state index contributed by atoms with van der Waals surface area (Å²) in [4.78, 5) is 0. The van der Waals surface area contributed by atoms with Gasteiger partial charge in [-0.25, -0.2) is 0 Å². The van der Waals surface area contributed by atoms with Crippen LogP contribution in [0.1, 0.15) is 193 Å². The van der Waals surface area contributed by atoms with Gasteiger partial charge < -0.3 is 28.4 Å². The van der Waals surface area contributed by atoms with Crippen LogP contribution in [-0.4, -0.2) is 39.0 Å². The van der Waals surface area contributed by atoms with E-state index >= 15 is 0 Å². The average molecular weight is 1310 g/mol. The molecule has 0 saturated carbocycles. The molecule has 0 radical (unpaired) electrons. The topological polar surface area (TPSA) is 55.4 Å². The van der Waals surface area contributed by atoms with Gasteiger partial charge >= 0.3 is 12.4 Å². The third-order valence-corrected chi connectivity index (χ3v) is 20.4. The lowest BCUT2D eigenvalue weighted by Gasteiger charge is -2.25. The molecule has 2 aliphatic carbocycles. The van der Waals surface area contributed by atoms with Crippen LogP contribution in [0.3, 0.4) is 0 Å². The number of thioether (sulfide) groups is 1. The molecule has 4 unspecified atom stereocenters. The number of unbranched alkanes of at least 4 members (excludes halogenated alkanes) is 4. The summed E-state index contributed by atoms with van der Waals surface area (Å²) in [5, 5.41) is -0.449. The highest BCUT2D eigenvalue weighted by atomic mass is 32.2. The number of hydrogen-bond donors (Lipinski definition) is 0. The van der Waals surface area contributed by atoms with Crippen LogP contribution >= 0.6 is 11.8 Å². The molecular formula is C82H84F6O6S. The van der Waals surface area contributed by atoms with Gasteiger partial charge in [0.15, 0.2) is 12.6 Å². The Morgan fingerprint density at radius 2 is 0.789 bits per heavy atom. The van der Waals surface area contributed by atoms with E-state index in [1.807, 2.05) is 36.4 Å². The fraction of sp³-hybridized carbons (Fsp3) is 0.366. The van der Waals surface area contributed by atoms with Crippen molar-refractivity contribution in [3.63, 3.8) is 0 Å². The molecule has 0 spiro atoms. The molecule has 0 bridgehead atoms. The van der Waals surface area contributed by atoms with Gasteiger partial charge in [-0.05, 0) is 241 Å². The summed E-state index contributed by atoms with van der Waals surface area (Å²) in [5.74, 6) is 3.19. The molecule has 13 heteroatoms. The van der Waals surface area contributed by atoms with Crippen LogP contribution in [0.2, 0.25) is 0 Å². The Balaban J connectivity index is 0.681. The normalized spacial score (nSPS) is 17.6. The van der Waals surface area contributed by atoms with Crippen LogP contribution in [0.15, 0.2) is 194 Å². The van der Waals surface area contributed by atoms with Gasteiger partial charge in [-0.3, -0.25) is 0 Å². The van der Waals surface area contributed by atoms with Crippen LogP contribution in [0.4, 0.5) is 26.3 Å². The molecule has 2 aliphatic heterocycles. The van der Waals surface area contributed by atoms with Gasteiger partial charge in [-0.2, -0.15) is 26.3 Å². The number of rotatable bonds is 26. The molecule has 4 atom stereocenters. The molecule has 2 saturated heterocycles. The Morgan fingerprint density at radius 1 is 0.389 bits per heavy atom. The lowest BCUT2D eigenvalue weighted by atomic mass is 9.88. The first-order valence-corrected chi connectivity index (χ1v) is 35.2. The number of aryl methyl sites for hydroxylation is 2. The minimum Gasteiger partial charge on any atom is -0.494 e. The Labute approximate surface area is 560 Å². The highest BCUT2D eigenvalue weighted by Crippen LogP contribution is 2.48. The fourth-order valence-corrected chi connectivity index (χ4v) is 15.4. The number of hydrogen-bond acceptors (Lipinski definition) is 7. The van der Waals surface area contributed by atoms with Crippen molar-refractivity contribution in [3.8, 4) is 23.0 Å². The third-order valence-electron chi connectivity index (χ3n) is 18.7. The molecule has 95 heavy (non-hydrogen) atoms. The Kier molecular flexibility index (Phi) is 22.9. The van der Waals surface area contributed by atoms with E-state index in [0.717, 1.165) is 198 Å². The van der Waals surface area contributed by atoms with Crippen LogP contribution < -0.4 is 18.9 Å². The second kappa shape index (κ2) is 32.4. The molecular weight excluding hydrogens is 1230 g/mol. The SMILES string of the molecule is FC(F)(F)c1ccc(C(CCCCCOc2ccc(C3=C(c4ccccc4)CCCc4cc(OC5CCCCO5)ccc43)cc2)SC(CCCCCOc2ccc(C3=C(c4ccccc4)CCCc4cc(OC5CCCCO5)ccc43)cc2)c2ccc(C(F)(F)F)cc2)cc1. The molecule has 0 aromatic heterocycles. The maximum Gasteiger partial charge on any atom is 0.416 e. The van der Waals surface area contributed by atoms with Crippen molar-refractivity contribution in [2.75, 3.05) is 26.4 Å². The van der Waals surface area contributed by atoms with E-state index in [1.54, 1.807) is 36.0 Å². The molecule has 0 amide bonds. The molecule has 2 fully saturated rings. The van der Waals surface area contributed by atoms with Gasteiger partial charge in [0.1, 0.15) is 23.0 Å². The highest BCUT2D eigenvalue weighted by Gasteiger charge is 2.33. The summed E-state index contributed by atoms with van der Waals surface area (Å²) in [6, 6.07) is 61.6. The maximum absolute atomic E-state index is 13.9. The molecule has 0 N–H and O–H groups in total. The number of halogens is 6. The van der Waals surface area contributed by atoms with Crippen molar-refractivity contribution in [2.24, 2.45) is 0 Å². The summed E-state index contributed by atoms with van der Waals surface area (Å²) in [6.07, 6.45) is 8.35. The predicted octanol–water partition coefficient (Wildman–Crippen LogP) is 22.9. The summed E-state index contributed by atoms with van der Waals surface area (Å²) < 4.78 is 121. The van der Waals surface area contributed by atoms with Crippen LogP contribution in [0.25, 0.3) is 22.3 Å². The second-order valence-corrected chi connectivity index (χ2v) is 26.8. The summed E-state index contributed by atoms with van der Waals surface area (Å²) >= 11 is 1.62. The van der Waals surface area contributed by atoms with E-state index in [1.165, 1.54) is 55.7 Å². The van der Waals surface area contributed by atoms with E-state index in [2.05, 4.69) is 109 Å². The quantitative estimate of drug-likeness (QED) is 0.0395. The van der Waals surface area contributed by atoms with Gasteiger partial charge in [-0.15, -0.1) is 11.8 Å². The molecule has 4 aliphatic rings. The van der Waals surface area contributed by atoms with E-state index in [4.69, 9.17) is 28.4 Å². The number of allylic oxidation sites excluding steroid dienone is 2. The van der Waals surface area contributed by atoms with Crippen molar-refractivity contribution < 1.29 is 54.8 Å². The zero-order valence-corrected chi connectivity index (χ0v) is 54.7. The first kappa shape index (κ1) is 67.3. The van der Waals surface area contributed by atoms with Gasteiger partial charge in [0, 0.05) is 23.3 Å². The van der Waals surface area contributed by atoms with Crippen molar-refractivity contribution in [3.05, 3.63) is 261 Å². The van der Waals surface area contributed by atoms with E-state index in [0.29, 0.717) is 26.1 Å². The van der Waals surface area contributed by atoms with E-state index < -0.39 is 23.5 Å². The van der Waals surface area contributed by atoms with Crippen molar-refractivity contribution in [1.29, 1.82) is 0 Å². The lowest BCUT2D eigenvalue weighted by molar-refractivity contribution is -0.138. The fourth-order valence-electron chi connectivity index (χ4n) is 13.7. The molecule has 2 heterocycles. The summed E-state index contributed by atoms with van der Waals surface area (Å²) in [7, 11) is 0. The van der Waals surface area contributed by atoms with Gasteiger partial charge in [0.05, 0.1) is 37.6 Å². The number of fused-ring (bicyclic) bond motifs is 2. The monoisotopic (exact) mass is 1310 g/mol. The van der Waals surface area contributed by atoms with Crippen molar-refractivity contribution in [2.45, 2.75) is 164 Å². The Hall–Kier alpha value is -7.71. The minimum absolute atomic E-state index is 0.220. The summed E-state index contributed by atoms with van der Waals surface area (Å²) in [5.41, 5.74) is 14.6. The van der Waals surface area contributed by atoms with Gasteiger partial charge in [0.25, 0.3) is 0 Å². The molecule has 6 nitrogen and oxygen atoms in total. The van der Waals surface area contributed by atoms with Gasteiger partial charge in [0.2, 0.25) is 0 Å². The van der Waals surface area contributed by atoms with Gasteiger partial charge in [-0.1, -0.05) is 147 Å². The van der Waals surface area contributed by atoms with Crippen LogP contribution in [-0.2, 0) is 34.7 Å². The molecule has 8 aromatic rings. The highest BCUT2D eigenvalue weighted by molar-refractivity contribution is 7.99. The van der Waals surface area contributed by atoms with Crippen LogP contribution in [0.5, 0.6) is 23.0 Å². The first-order valence-electron chi connectivity index (χ1n) is 34.2. The first-order chi connectivity index (χ1) is 46.4. The lowest BCUT2D eigenvalue weighted by Crippen LogP contribution is -2.25. The zero-order valence-electron chi connectivity index (χ0n) is 53.9. The Bertz CT molecular complexity index is 3550. The molecule has 12 rings (SSSR count). The van der Waals surface area contributed by atoms with Crippen molar-refractivity contribution in [1.82, 2.24) is 0 Å². The number of benzene rings is 8. The second-order valence-electron chi connectivity index (χ2n) is 25.4. The largest absolute Gasteiger partial charge is 0.494 e. The Morgan fingerprint density at radius 3 is 1.17 bits per heavy atom. The zero-order chi connectivity index (χ0) is 65.4. The molecule has 8 aromatic carbocycles. The smallest absolute Gasteiger partial charge is 0.416 e. The van der Waals surface area contributed by atoms with E-state index in [-0.39, 0.29) is 23.1 Å². The number of ether oxygens (including phenoxy) is 6. The molecule has 496 valence electrons. The maximum atomic E-state index is 13.9.